The summed E-state index contributed by atoms with van der Waals surface area (Å²) in [5.41, 5.74) is 0.699. The summed E-state index contributed by atoms with van der Waals surface area (Å²) in [7, 11) is -3.47. The van der Waals surface area contributed by atoms with Crippen LogP contribution in [0.15, 0.2) is 29.2 Å². The number of nitrogens with one attached hydrogen (secondary N) is 1. The summed E-state index contributed by atoms with van der Waals surface area (Å²) in [4.78, 5) is 12.7. The van der Waals surface area contributed by atoms with Gasteiger partial charge in [-0.2, -0.15) is 0 Å². The molecule has 0 spiro atoms. The summed E-state index contributed by atoms with van der Waals surface area (Å²) in [6.07, 6.45) is 0.810. The van der Waals surface area contributed by atoms with Crippen molar-refractivity contribution in [2.24, 2.45) is 0 Å². The van der Waals surface area contributed by atoms with Gasteiger partial charge in [-0.15, -0.1) is 0 Å². The molecule has 20 heavy (non-hydrogen) atoms. The lowest BCUT2D eigenvalue weighted by Crippen LogP contribution is -2.30. The average molecular weight is 300 g/mol. The van der Waals surface area contributed by atoms with E-state index in [1.54, 1.807) is 24.0 Å². The van der Waals surface area contributed by atoms with Gasteiger partial charge in [0.1, 0.15) is 6.54 Å². The minimum absolute atomic E-state index is 0.104. The second-order valence-electron chi connectivity index (χ2n) is 4.31. The molecule has 7 heteroatoms. The maximum absolute atomic E-state index is 11.8. The van der Waals surface area contributed by atoms with Crippen molar-refractivity contribution in [3.63, 3.8) is 0 Å². The molecule has 0 saturated carbocycles. The molecule has 1 aromatic rings. The third-order valence-corrected chi connectivity index (χ3v) is 4.23. The lowest BCUT2D eigenvalue weighted by molar-refractivity contribution is -0.135. The molecule has 1 aromatic carbocycles. The molecular formula is C13H20N2O4S. The zero-order valence-electron chi connectivity index (χ0n) is 11.7. The fraction of sp³-hybridized carbons (Fsp3) is 0.462. The number of aliphatic carboxylic acids is 1. The Balaban J connectivity index is 2.96. The van der Waals surface area contributed by atoms with Crippen molar-refractivity contribution >= 4 is 21.7 Å². The predicted octanol–water partition coefficient (Wildman–Crippen LogP) is 1.29. The van der Waals surface area contributed by atoms with Crippen molar-refractivity contribution in [1.82, 2.24) is 4.72 Å². The minimum atomic E-state index is -3.47. The Kier molecular flexibility index (Phi) is 5.97. The Bertz CT molecular complexity index is 540. The van der Waals surface area contributed by atoms with E-state index < -0.39 is 16.0 Å². The number of rotatable bonds is 8. The molecule has 112 valence electrons. The number of nitrogens with zero attached hydrogens (tertiary/aromatic N) is 1. The highest BCUT2D eigenvalue weighted by Crippen LogP contribution is 2.18. The zero-order chi connectivity index (χ0) is 15.2. The molecule has 0 heterocycles. The second-order valence-corrected chi connectivity index (χ2v) is 6.08. The number of hydrogen-bond donors (Lipinski definition) is 2. The van der Waals surface area contributed by atoms with Crippen LogP contribution in [0, 0.1) is 0 Å². The first kappa shape index (κ1) is 16.5. The summed E-state index contributed by atoms with van der Waals surface area (Å²) >= 11 is 0. The molecule has 0 saturated heterocycles. The van der Waals surface area contributed by atoms with Gasteiger partial charge in [-0.3, -0.25) is 4.79 Å². The Morgan fingerprint density at radius 3 is 2.30 bits per heavy atom. The Hall–Kier alpha value is -1.60. The van der Waals surface area contributed by atoms with Crippen LogP contribution in [-0.4, -0.2) is 39.1 Å². The van der Waals surface area contributed by atoms with Crippen LogP contribution in [0.5, 0.6) is 0 Å². The van der Waals surface area contributed by atoms with Gasteiger partial charge in [0.05, 0.1) is 4.90 Å². The molecule has 6 nitrogen and oxygen atoms in total. The molecular weight excluding hydrogens is 280 g/mol. The summed E-state index contributed by atoms with van der Waals surface area (Å²) in [6.45, 7) is 4.49. The predicted molar refractivity (Wildman–Crippen MR) is 77.4 cm³/mol. The normalized spacial score (nSPS) is 11.3. The van der Waals surface area contributed by atoms with E-state index in [-0.39, 0.29) is 11.4 Å². The van der Waals surface area contributed by atoms with Crippen LogP contribution in [0.3, 0.4) is 0 Å². The zero-order valence-corrected chi connectivity index (χ0v) is 12.5. The number of benzene rings is 1. The van der Waals surface area contributed by atoms with E-state index in [2.05, 4.69) is 4.72 Å². The van der Waals surface area contributed by atoms with Gasteiger partial charge in [0.25, 0.3) is 0 Å². The quantitative estimate of drug-likeness (QED) is 0.755. The minimum Gasteiger partial charge on any atom is -0.480 e. The molecule has 0 aliphatic carbocycles. The van der Waals surface area contributed by atoms with Gasteiger partial charge in [0, 0.05) is 18.8 Å². The topological polar surface area (TPSA) is 86.7 Å². The standard InChI is InChI=1S/C13H20N2O4S/c1-3-9-15(10-13(16)17)11-5-7-12(8-6-11)20(18,19)14-4-2/h5-8,14H,3-4,9-10H2,1-2H3,(H,16,17). The lowest BCUT2D eigenvalue weighted by Gasteiger charge is -2.22. The largest absolute Gasteiger partial charge is 0.480 e. The van der Waals surface area contributed by atoms with E-state index in [9.17, 15) is 13.2 Å². The fourth-order valence-electron chi connectivity index (χ4n) is 1.84. The van der Waals surface area contributed by atoms with E-state index in [4.69, 9.17) is 5.11 Å². The lowest BCUT2D eigenvalue weighted by atomic mass is 10.2. The summed E-state index contributed by atoms with van der Waals surface area (Å²) < 4.78 is 26.0. The van der Waals surface area contributed by atoms with Gasteiger partial charge in [-0.1, -0.05) is 13.8 Å². The molecule has 0 aliphatic rings. The van der Waals surface area contributed by atoms with E-state index in [0.29, 0.717) is 18.8 Å². The summed E-state index contributed by atoms with van der Waals surface area (Å²) in [5, 5.41) is 8.88. The van der Waals surface area contributed by atoms with Crippen LogP contribution in [-0.2, 0) is 14.8 Å². The Morgan fingerprint density at radius 2 is 1.85 bits per heavy atom. The van der Waals surface area contributed by atoms with E-state index in [0.717, 1.165) is 6.42 Å². The van der Waals surface area contributed by atoms with Crippen molar-refractivity contribution in [1.29, 1.82) is 0 Å². The van der Waals surface area contributed by atoms with Gasteiger partial charge in [0.15, 0.2) is 0 Å². The molecule has 0 aromatic heterocycles. The van der Waals surface area contributed by atoms with Gasteiger partial charge < -0.3 is 10.0 Å². The van der Waals surface area contributed by atoms with Crippen molar-refractivity contribution in [2.45, 2.75) is 25.2 Å². The highest BCUT2D eigenvalue weighted by molar-refractivity contribution is 7.89. The molecule has 0 radical (unpaired) electrons. The van der Waals surface area contributed by atoms with Gasteiger partial charge in [0.2, 0.25) is 10.0 Å². The maximum atomic E-state index is 11.8. The van der Waals surface area contributed by atoms with Crippen molar-refractivity contribution in [3.05, 3.63) is 24.3 Å². The third-order valence-electron chi connectivity index (χ3n) is 2.67. The van der Waals surface area contributed by atoms with Crippen LogP contribution in [0.4, 0.5) is 5.69 Å². The molecule has 0 atom stereocenters. The maximum Gasteiger partial charge on any atom is 0.323 e. The Labute approximate surface area is 119 Å². The number of sulfonamides is 1. The molecule has 0 unspecified atom stereocenters. The first-order valence-corrected chi connectivity index (χ1v) is 7.95. The van der Waals surface area contributed by atoms with Crippen molar-refractivity contribution < 1.29 is 18.3 Å². The highest BCUT2D eigenvalue weighted by atomic mass is 32.2. The number of carbonyl (C=O) groups is 1. The molecule has 0 aliphatic heterocycles. The van der Waals surface area contributed by atoms with Gasteiger partial charge in [-0.25, -0.2) is 13.1 Å². The molecule has 0 fully saturated rings. The van der Waals surface area contributed by atoms with Gasteiger partial charge >= 0.3 is 5.97 Å². The van der Waals surface area contributed by atoms with Crippen molar-refractivity contribution in [2.75, 3.05) is 24.5 Å². The van der Waals surface area contributed by atoms with Crippen LogP contribution in [0.25, 0.3) is 0 Å². The van der Waals surface area contributed by atoms with Crippen LogP contribution >= 0.6 is 0 Å². The summed E-state index contributed by atoms with van der Waals surface area (Å²) in [5.74, 6) is -0.914. The molecule has 1 rings (SSSR count). The first-order valence-electron chi connectivity index (χ1n) is 6.47. The molecule has 0 bridgehead atoms. The fourth-order valence-corrected chi connectivity index (χ4v) is 2.88. The van der Waals surface area contributed by atoms with Gasteiger partial charge in [-0.05, 0) is 30.7 Å². The average Bonchev–Trinajstić information content (AvgIpc) is 2.38. The second kappa shape index (κ2) is 7.25. The van der Waals surface area contributed by atoms with Crippen molar-refractivity contribution in [3.8, 4) is 0 Å². The summed E-state index contributed by atoms with van der Waals surface area (Å²) in [6, 6.07) is 6.22. The number of carboxylic acid groups (broad SMARTS) is 1. The smallest absolute Gasteiger partial charge is 0.323 e. The monoisotopic (exact) mass is 300 g/mol. The van der Waals surface area contributed by atoms with E-state index in [1.165, 1.54) is 12.1 Å². The number of hydrogen-bond acceptors (Lipinski definition) is 4. The van der Waals surface area contributed by atoms with E-state index >= 15 is 0 Å². The number of anilines is 1. The van der Waals surface area contributed by atoms with Crippen LogP contribution in [0.1, 0.15) is 20.3 Å². The SMILES string of the molecule is CCCN(CC(=O)O)c1ccc(S(=O)(=O)NCC)cc1. The molecule has 2 N–H and O–H groups in total. The van der Waals surface area contributed by atoms with E-state index in [1.807, 2.05) is 6.92 Å². The Morgan fingerprint density at radius 1 is 1.25 bits per heavy atom. The molecule has 0 amide bonds. The first-order chi connectivity index (χ1) is 9.40. The third kappa shape index (κ3) is 4.50. The highest BCUT2D eigenvalue weighted by Gasteiger charge is 2.14. The van der Waals surface area contributed by atoms with Crippen LogP contribution < -0.4 is 9.62 Å². The number of carboxylic acids is 1. The van der Waals surface area contributed by atoms with Crippen LogP contribution in [0.2, 0.25) is 0 Å².